The molecule has 2 rings (SSSR count). The van der Waals surface area contributed by atoms with Crippen molar-refractivity contribution in [1.82, 2.24) is 0 Å². The zero-order valence-corrected chi connectivity index (χ0v) is 7.82. The van der Waals surface area contributed by atoms with Crippen LogP contribution in [-0.4, -0.2) is 17.5 Å². The molecule has 0 spiro atoms. The van der Waals surface area contributed by atoms with E-state index in [1.54, 1.807) is 12.1 Å². The Morgan fingerprint density at radius 2 is 2.00 bits per heavy atom. The highest BCUT2D eigenvalue weighted by Crippen LogP contribution is 2.21. The first-order chi connectivity index (χ1) is 6.74. The quantitative estimate of drug-likeness (QED) is 0.782. The van der Waals surface area contributed by atoms with E-state index in [-0.39, 0.29) is 11.9 Å². The molecule has 2 atom stereocenters. The van der Waals surface area contributed by atoms with E-state index in [0.29, 0.717) is 6.42 Å². The number of hydrogen-bond donors (Lipinski definition) is 1. The minimum absolute atomic E-state index is 0.0791. The third-order valence-corrected chi connectivity index (χ3v) is 2.46. The summed E-state index contributed by atoms with van der Waals surface area (Å²) in [6.07, 6.45) is 1.79. The van der Waals surface area contributed by atoms with Gasteiger partial charge in [0.2, 0.25) is 0 Å². The van der Waals surface area contributed by atoms with Gasteiger partial charge in [-0.05, 0) is 30.5 Å². The summed E-state index contributed by atoms with van der Waals surface area (Å²) < 4.78 is 17.8. The van der Waals surface area contributed by atoms with Gasteiger partial charge in [0.15, 0.2) is 6.29 Å². The normalized spacial score (nSPS) is 26.7. The van der Waals surface area contributed by atoms with Crippen molar-refractivity contribution in [2.75, 3.05) is 0 Å². The van der Waals surface area contributed by atoms with Crippen molar-refractivity contribution in [3.8, 4) is 0 Å². The lowest BCUT2D eigenvalue weighted by Crippen LogP contribution is -2.12. The van der Waals surface area contributed by atoms with E-state index >= 15 is 0 Å². The van der Waals surface area contributed by atoms with Crippen molar-refractivity contribution in [3.05, 3.63) is 35.6 Å². The van der Waals surface area contributed by atoms with E-state index in [0.717, 1.165) is 18.4 Å². The molecule has 1 fully saturated rings. The molecule has 2 unspecified atom stereocenters. The van der Waals surface area contributed by atoms with Gasteiger partial charge in [-0.3, -0.25) is 0 Å². The highest BCUT2D eigenvalue weighted by atomic mass is 19.1. The summed E-state index contributed by atoms with van der Waals surface area (Å²) in [5, 5.41) is 9.14. The summed E-state index contributed by atoms with van der Waals surface area (Å²) in [5.41, 5.74) is 1.05. The van der Waals surface area contributed by atoms with Crippen molar-refractivity contribution in [3.63, 3.8) is 0 Å². The third kappa shape index (κ3) is 2.30. The Kier molecular flexibility index (Phi) is 2.79. The highest BCUT2D eigenvalue weighted by Gasteiger charge is 2.22. The van der Waals surface area contributed by atoms with Gasteiger partial charge in [0, 0.05) is 6.42 Å². The van der Waals surface area contributed by atoms with Crippen molar-refractivity contribution < 1.29 is 14.2 Å². The van der Waals surface area contributed by atoms with Gasteiger partial charge in [-0.25, -0.2) is 4.39 Å². The second-order valence-electron chi connectivity index (χ2n) is 3.62. The summed E-state index contributed by atoms with van der Waals surface area (Å²) in [4.78, 5) is 0. The topological polar surface area (TPSA) is 29.5 Å². The maximum atomic E-state index is 12.6. The van der Waals surface area contributed by atoms with Gasteiger partial charge >= 0.3 is 0 Å². The maximum absolute atomic E-state index is 12.6. The predicted octanol–water partition coefficient (Wildman–Crippen LogP) is 1.87. The van der Waals surface area contributed by atoms with E-state index in [4.69, 9.17) is 9.84 Å². The fraction of sp³-hybridized carbons (Fsp3) is 0.455. The van der Waals surface area contributed by atoms with Gasteiger partial charge in [0.1, 0.15) is 5.82 Å². The molecule has 0 aliphatic carbocycles. The first-order valence-electron chi connectivity index (χ1n) is 4.82. The Balaban J connectivity index is 1.94. The largest absolute Gasteiger partial charge is 0.368 e. The lowest BCUT2D eigenvalue weighted by atomic mass is 10.1. The number of benzene rings is 1. The van der Waals surface area contributed by atoms with Crippen molar-refractivity contribution >= 4 is 0 Å². The first kappa shape index (κ1) is 9.62. The fourth-order valence-corrected chi connectivity index (χ4v) is 1.72. The number of halogens is 1. The molecule has 2 nitrogen and oxygen atoms in total. The average Bonchev–Trinajstić information content (AvgIpc) is 2.56. The average molecular weight is 196 g/mol. The SMILES string of the molecule is OC1CCC(Cc2ccc(F)cc2)O1. The lowest BCUT2D eigenvalue weighted by molar-refractivity contribution is -0.0895. The van der Waals surface area contributed by atoms with Crippen LogP contribution >= 0.6 is 0 Å². The number of ether oxygens (including phenoxy) is 1. The third-order valence-electron chi connectivity index (χ3n) is 2.46. The smallest absolute Gasteiger partial charge is 0.155 e. The van der Waals surface area contributed by atoms with Gasteiger partial charge < -0.3 is 9.84 Å². The first-order valence-corrected chi connectivity index (χ1v) is 4.82. The van der Waals surface area contributed by atoms with Crippen molar-refractivity contribution in [1.29, 1.82) is 0 Å². The van der Waals surface area contributed by atoms with Crippen LogP contribution in [0.3, 0.4) is 0 Å². The van der Waals surface area contributed by atoms with Gasteiger partial charge in [-0.2, -0.15) is 0 Å². The van der Waals surface area contributed by atoms with Gasteiger partial charge in [-0.1, -0.05) is 12.1 Å². The molecule has 0 radical (unpaired) electrons. The number of hydrogen-bond acceptors (Lipinski definition) is 2. The Morgan fingerprint density at radius 1 is 1.29 bits per heavy atom. The van der Waals surface area contributed by atoms with Crippen molar-refractivity contribution in [2.24, 2.45) is 0 Å². The predicted molar refractivity (Wildman–Crippen MR) is 50.2 cm³/mol. The van der Waals surface area contributed by atoms with Crippen LogP contribution in [-0.2, 0) is 11.2 Å². The van der Waals surface area contributed by atoms with E-state index < -0.39 is 6.29 Å². The molecule has 1 aliphatic heterocycles. The summed E-state index contributed by atoms with van der Waals surface area (Å²) in [6.45, 7) is 0. The molecular weight excluding hydrogens is 183 g/mol. The molecular formula is C11H13FO2. The summed E-state index contributed by atoms with van der Waals surface area (Å²) >= 11 is 0. The molecule has 1 N–H and O–H groups in total. The summed E-state index contributed by atoms with van der Waals surface area (Å²) in [6, 6.07) is 6.40. The molecule has 0 amide bonds. The molecule has 1 heterocycles. The van der Waals surface area contributed by atoms with E-state index in [1.807, 2.05) is 0 Å². The van der Waals surface area contributed by atoms with Crippen LogP contribution < -0.4 is 0 Å². The fourth-order valence-electron chi connectivity index (χ4n) is 1.72. The number of rotatable bonds is 2. The summed E-state index contributed by atoms with van der Waals surface area (Å²) in [5.74, 6) is -0.221. The summed E-state index contributed by atoms with van der Waals surface area (Å²) in [7, 11) is 0. The Morgan fingerprint density at radius 3 is 2.57 bits per heavy atom. The Bertz CT molecular complexity index is 297. The number of aliphatic hydroxyl groups is 1. The Labute approximate surface area is 82.3 Å². The second-order valence-corrected chi connectivity index (χ2v) is 3.62. The minimum atomic E-state index is -0.611. The van der Waals surface area contributed by atoms with Crippen LogP contribution in [0.15, 0.2) is 24.3 Å². The zero-order chi connectivity index (χ0) is 9.97. The molecule has 3 heteroatoms. The molecule has 1 aromatic rings. The van der Waals surface area contributed by atoms with Crippen LogP contribution in [0.2, 0.25) is 0 Å². The number of aliphatic hydroxyl groups excluding tert-OH is 1. The lowest BCUT2D eigenvalue weighted by Gasteiger charge is -2.09. The van der Waals surface area contributed by atoms with E-state index in [2.05, 4.69) is 0 Å². The molecule has 0 bridgehead atoms. The monoisotopic (exact) mass is 196 g/mol. The molecule has 14 heavy (non-hydrogen) atoms. The Hall–Kier alpha value is -0.930. The minimum Gasteiger partial charge on any atom is -0.368 e. The van der Waals surface area contributed by atoms with Gasteiger partial charge in [0.25, 0.3) is 0 Å². The van der Waals surface area contributed by atoms with Gasteiger partial charge in [0.05, 0.1) is 6.10 Å². The molecule has 1 aromatic carbocycles. The van der Waals surface area contributed by atoms with Crippen LogP contribution in [0.4, 0.5) is 4.39 Å². The van der Waals surface area contributed by atoms with Crippen LogP contribution in [0, 0.1) is 5.82 Å². The highest BCUT2D eigenvalue weighted by molar-refractivity contribution is 5.16. The van der Waals surface area contributed by atoms with Crippen molar-refractivity contribution in [2.45, 2.75) is 31.7 Å². The molecule has 76 valence electrons. The zero-order valence-electron chi connectivity index (χ0n) is 7.82. The standard InChI is InChI=1S/C11H13FO2/c12-9-3-1-8(2-4-9)7-10-5-6-11(13)14-10/h1-4,10-11,13H,5-7H2. The van der Waals surface area contributed by atoms with E-state index in [1.165, 1.54) is 12.1 Å². The molecule has 1 saturated heterocycles. The molecule has 0 saturated carbocycles. The van der Waals surface area contributed by atoms with Crippen LogP contribution in [0.1, 0.15) is 18.4 Å². The van der Waals surface area contributed by atoms with Crippen LogP contribution in [0.5, 0.6) is 0 Å². The molecule has 0 aromatic heterocycles. The maximum Gasteiger partial charge on any atom is 0.155 e. The second kappa shape index (κ2) is 4.07. The molecule has 1 aliphatic rings. The van der Waals surface area contributed by atoms with Gasteiger partial charge in [-0.15, -0.1) is 0 Å². The van der Waals surface area contributed by atoms with E-state index in [9.17, 15) is 4.39 Å². The van der Waals surface area contributed by atoms with Crippen LogP contribution in [0.25, 0.3) is 0 Å².